The number of carbonyl (C=O) groups excluding carboxylic acids is 1. The standard InChI is InChI=1S/C19H19ClF2N4O/c1-12-11-16(13(2)26(12)15-5-3-14(20)4-6-15)18(27)24-8-7-17-23-9-10-25(17)19(21)22/h3-6,9-11,19H,7-8H2,1-2H3,(H,24,27). The Balaban J connectivity index is 1.71. The first-order valence-corrected chi connectivity index (χ1v) is 8.79. The zero-order valence-electron chi connectivity index (χ0n) is 14.9. The minimum Gasteiger partial charge on any atom is -0.352 e. The number of nitrogens with zero attached hydrogens (tertiary/aromatic N) is 3. The molecule has 0 unspecified atom stereocenters. The average Bonchev–Trinajstić information content (AvgIpc) is 3.20. The second-order valence-corrected chi connectivity index (χ2v) is 6.57. The van der Waals surface area contributed by atoms with E-state index in [0.29, 0.717) is 10.6 Å². The Hall–Kier alpha value is -2.67. The van der Waals surface area contributed by atoms with Crippen LogP contribution in [0.1, 0.15) is 34.1 Å². The molecule has 0 atom stereocenters. The van der Waals surface area contributed by atoms with Gasteiger partial charge in [-0.2, -0.15) is 8.78 Å². The molecule has 0 aliphatic rings. The molecule has 1 N–H and O–H groups in total. The summed E-state index contributed by atoms with van der Waals surface area (Å²) < 4.78 is 28.4. The fraction of sp³-hybridized carbons (Fsp3) is 0.263. The molecule has 0 aliphatic heterocycles. The van der Waals surface area contributed by atoms with Crippen LogP contribution >= 0.6 is 11.6 Å². The van der Waals surface area contributed by atoms with Crippen LogP contribution in [0.4, 0.5) is 8.78 Å². The summed E-state index contributed by atoms with van der Waals surface area (Å²) in [6, 6.07) is 9.16. The number of rotatable bonds is 6. The highest BCUT2D eigenvalue weighted by molar-refractivity contribution is 6.30. The van der Waals surface area contributed by atoms with Crippen LogP contribution in [-0.4, -0.2) is 26.6 Å². The number of imidazole rings is 1. The summed E-state index contributed by atoms with van der Waals surface area (Å²) in [5.74, 6) is -0.0181. The number of alkyl halides is 2. The average molecular weight is 393 g/mol. The maximum Gasteiger partial charge on any atom is 0.319 e. The fourth-order valence-corrected chi connectivity index (χ4v) is 3.20. The van der Waals surface area contributed by atoms with Crippen molar-refractivity contribution in [2.75, 3.05) is 6.54 Å². The van der Waals surface area contributed by atoms with Gasteiger partial charge in [-0.25, -0.2) is 4.98 Å². The van der Waals surface area contributed by atoms with Crippen molar-refractivity contribution in [3.05, 3.63) is 70.5 Å². The van der Waals surface area contributed by atoms with Crippen LogP contribution in [0.5, 0.6) is 0 Å². The topological polar surface area (TPSA) is 51.9 Å². The molecule has 0 bridgehead atoms. The molecule has 0 fully saturated rings. The van der Waals surface area contributed by atoms with E-state index in [0.717, 1.165) is 21.6 Å². The highest BCUT2D eigenvalue weighted by atomic mass is 35.5. The summed E-state index contributed by atoms with van der Waals surface area (Å²) in [7, 11) is 0. The second-order valence-electron chi connectivity index (χ2n) is 6.13. The van der Waals surface area contributed by atoms with Crippen LogP contribution in [0.3, 0.4) is 0 Å². The number of halogens is 3. The summed E-state index contributed by atoms with van der Waals surface area (Å²) in [6.45, 7) is 1.35. The SMILES string of the molecule is Cc1cc(C(=O)NCCc2nccn2C(F)F)c(C)n1-c1ccc(Cl)cc1. The lowest BCUT2D eigenvalue weighted by molar-refractivity contribution is 0.0670. The molecule has 0 radical (unpaired) electrons. The van der Waals surface area contributed by atoms with Gasteiger partial charge >= 0.3 is 6.55 Å². The number of aryl methyl sites for hydroxylation is 1. The van der Waals surface area contributed by atoms with Crippen LogP contribution in [0.25, 0.3) is 5.69 Å². The van der Waals surface area contributed by atoms with Crippen LogP contribution in [0.2, 0.25) is 5.02 Å². The van der Waals surface area contributed by atoms with E-state index in [1.54, 1.807) is 18.2 Å². The molecule has 142 valence electrons. The molecule has 1 aromatic carbocycles. The lowest BCUT2D eigenvalue weighted by Gasteiger charge is -2.10. The van der Waals surface area contributed by atoms with Gasteiger partial charge in [0, 0.05) is 47.5 Å². The van der Waals surface area contributed by atoms with Gasteiger partial charge in [-0.05, 0) is 44.2 Å². The highest BCUT2D eigenvalue weighted by Crippen LogP contribution is 2.22. The first kappa shape index (κ1) is 19.1. The van der Waals surface area contributed by atoms with E-state index in [-0.39, 0.29) is 24.7 Å². The number of benzene rings is 1. The van der Waals surface area contributed by atoms with Crippen molar-refractivity contribution in [2.24, 2.45) is 0 Å². The molecule has 1 amide bonds. The third-order valence-electron chi connectivity index (χ3n) is 4.35. The predicted molar refractivity (Wildman–Crippen MR) is 99.8 cm³/mol. The molecule has 0 aliphatic carbocycles. The largest absolute Gasteiger partial charge is 0.352 e. The second kappa shape index (κ2) is 7.92. The summed E-state index contributed by atoms with van der Waals surface area (Å²) in [4.78, 5) is 16.4. The van der Waals surface area contributed by atoms with Crippen LogP contribution < -0.4 is 5.32 Å². The smallest absolute Gasteiger partial charge is 0.319 e. The fourth-order valence-electron chi connectivity index (χ4n) is 3.08. The number of nitrogens with one attached hydrogen (secondary N) is 1. The Labute approximate surface area is 160 Å². The number of amides is 1. The van der Waals surface area contributed by atoms with Crippen molar-refractivity contribution in [1.82, 2.24) is 19.4 Å². The van der Waals surface area contributed by atoms with Crippen LogP contribution in [0.15, 0.2) is 42.7 Å². The first-order chi connectivity index (χ1) is 12.9. The van der Waals surface area contributed by atoms with Gasteiger partial charge in [0.1, 0.15) is 5.82 Å². The van der Waals surface area contributed by atoms with Crippen LogP contribution in [-0.2, 0) is 6.42 Å². The quantitative estimate of drug-likeness (QED) is 0.679. The van der Waals surface area contributed by atoms with Gasteiger partial charge < -0.3 is 9.88 Å². The minimum absolute atomic E-state index is 0.215. The van der Waals surface area contributed by atoms with Gasteiger partial charge in [0.15, 0.2) is 0 Å². The molecular weight excluding hydrogens is 374 g/mol. The van der Waals surface area contributed by atoms with Gasteiger partial charge in [0.2, 0.25) is 0 Å². The maximum absolute atomic E-state index is 12.8. The minimum atomic E-state index is -2.64. The van der Waals surface area contributed by atoms with Crippen molar-refractivity contribution in [3.8, 4) is 5.69 Å². The molecule has 27 heavy (non-hydrogen) atoms. The summed E-state index contributed by atoms with van der Waals surface area (Å²) in [5, 5.41) is 3.41. The van der Waals surface area contributed by atoms with Gasteiger partial charge in [0.25, 0.3) is 5.91 Å². The van der Waals surface area contributed by atoms with Crippen molar-refractivity contribution < 1.29 is 13.6 Å². The van der Waals surface area contributed by atoms with E-state index in [2.05, 4.69) is 10.3 Å². The Bertz CT molecular complexity index is 947. The third kappa shape index (κ3) is 4.03. The van der Waals surface area contributed by atoms with Gasteiger partial charge in [-0.1, -0.05) is 11.6 Å². The highest BCUT2D eigenvalue weighted by Gasteiger charge is 2.17. The molecule has 2 heterocycles. The van der Waals surface area contributed by atoms with Crippen molar-refractivity contribution in [3.63, 3.8) is 0 Å². The van der Waals surface area contributed by atoms with E-state index in [1.807, 2.05) is 30.5 Å². The van der Waals surface area contributed by atoms with Crippen molar-refractivity contribution in [1.29, 1.82) is 0 Å². The lowest BCUT2D eigenvalue weighted by atomic mass is 10.2. The lowest BCUT2D eigenvalue weighted by Crippen LogP contribution is -2.27. The van der Waals surface area contributed by atoms with E-state index >= 15 is 0 Å². The zero-order valence-corrected chi connectivity index (χ0v) is 15.7. The molecule has 0 saturated carbocycles. The van der Waals surface area contributed by atoms with Gasteiger partial charge in [0.05, 0.1) is 5.56 Å². The maximum atomic E-state index is 12.8. The molecule has 8 heteroatoms. The summed E-state index contributed by atoms with van der Waals surface area (Å²) in [6.07, 6.45) is 2.77. The van der Waals surface area contributed by atoms with E-state index in [1.165, 1.54) is 12.4 Å². The van der Waals surface area contributed by atoms with Crippen molar-refractivity contribution >= 4 is 17.5 Å². The normalized spacial score (nSPS) is 11.2. The van der Waals surface area contributed by atoms with Gasteiger partial charge in [-0.15, -0.1) is 0 Å². The van der Waals surface area contributed by atoms with Crippen molar-refractivity contribution in [2.45, 2.75) is 26.8 Å². The molecule has 3 aromatic rings. The molecule has 0 saturated heterocycles. The van der Waals surface area contributed by atoms with E-state index < -0.39 is 6.55 Å². The van der Waals surface area contributed by atoms with Crippen LogP contribution in [0, 0.1) is 13.8 Å². The third-order valence-corrected chi connectivity index (χ3v) is 4.61. The summed E-state index contributed by atoms with van der Waals surface area (Å²) in [5.41, 5.74) is 3.15. The predicted octanol–water partition coefficient (Wildman–Crippen LogP) is 4.31. The molecule has 5 nitrogen and oxygen atoms in total. The molecular formula is C19H19ClF2N4O. The van der Waals surface area contributed by atoms with E-state index in [4.69, 9.17) is 11.6 Å². The zero-order chi connectivity index (χ0) is 19.6. The van der Waals surface area contributed by atoms with E-state index in [9.17, 15) is 13.6 Å². The number of carbonyl (C=O) groups is 1. The Kier molecular flexibility index (Phi) is 5.60. The Morgan fingerprint density at radius 2 is 1.96 bits per heavy atom. The molecule has 3 rings (SSSR count). The number of hydrogen-bond donors (Lipinski definition) is 1. The Morgan fingerprint density at radius 3 is 2.63 bits per heavy atom. The number of hydrogen-bond acceptors (Lipinski definition) is 2. The number of aromatic nitrogens is 3. The Morgan fingerprint density at radius 1 is 1.26 bits per heavy atom. The summed E-state index contributed by atoms with van der Waals surface area (Å²) >= 11 is 5.94. The molecule has 2 aromatic heterocycles. The monoisotopic (exact) mass is 392 g/mol. The first-order valence-electron chi connectivity index (χ1n) is 8.41. The molecule has 0 spiro atoms. The van der Waals surface area contributed by atoms with Gasteiger partial charge in [-0.3, -0.25) is 9.36 Å².